The Morgan fingerprint density at radius 2 is 2.20 bits per heavy atom. The molecule has 0 spiro atoms. The first-order chi connectivity index (χ1) is 7.15. The van der Waals surface area contributed by atoms with Crippen LogP contribution >= 0.6 is 0 Å². The average molecular weight is 214 g/mol. The van der Waals surface area contributed by atoms with Crippen LogP contribution < -0.4 is 5.32 Å². The van der Waals surface area contributed by atoms with Crippen molar-refractivity contribution in [2.75, 3.05) is 13.6 Å². The molecule has 2 unspecified atom stereocenters. The molecule has 1 aromatic rings. The standard InChI is InChI=1S/C10H15FN2O2/c1-12-3-2-9(14)10(15)7-4-8(11)6-13-5-7/h4-6,9-10,12,14-15H,2-3H2,1H3. The first-order valence-corrected chi connectivity index (χ1v) is 4.76. The van der Waals surface area contributed by atoms with Gasteiger partial charge in [0.15, 0.2) is 0 Å². The summed E-state index contributed by atoms with van der Waals surface area (Å²) in [6.45, 7) is 0.584. The number of aromatic nitrogens is 1. The summed E-state index contributed by atoms with van der Waals surface area (Å²) in [7, 11) is 1.75. The quantitative estimate of drug-likeness (QED) is 0.656. The van der Waals surface area contributed by atoms with Crippen LogP contribution in [-0.4, -0.2) is 34.9 Å². The van der Waals surface area contributed by atoms with Gasteiger partial charge in [0.25, 0.3) is 0 Å². The van der Waals surface area contributed by atoms with Crippen LogP contribution in [0.4, 0.5) is 4.39 Å². The van der Waals surface area contributed by atoms with Crippen molar-refractivity contribution in [3.8, 4) is 0 Å². The normalized spacial score (nSPS) is 14.9. The van der Waals surface area contributed by atoms with Crippen LogP contribution in [0.2, 0.25) is 0 Å². The first kappa shape index (κ1) is 12.0. The van der Waals surface area contributed by atoms with Gasteiger partial charge in [0.1, 0.15) is 11.9 Å². The van der Waals surface area contributed by atoms with Crippen LogP contribution in [0.5, 0.6) is 0 Å². The molecule has 0 bridgehead atoms. The van der Waals surface area contributed by atoms with Crippen molar-refractivity contribution < 1.29 is 14.6 Å². The van der Waals surface area contributed by atoms with E-state index in [0.717, 1.165) is 6.20 Å². The van der Waals surface area contributed by atoms with Crippen molar-refractivity contribution >= 4 is 0 Å². The topological polar surface area (TPSA) is 65.4 Å². The van der Waals surface area contributed by atoms with Crippen molar-refractivity contribution in [1.29, 1.82) is 0 Å². The zero-order valence-electron chi connectivity index (χ0n) is 8.52. The molecule has 0 aromatic carbocycles. The molecular weight excluding hydrogens is 199 g/mol. The predicted molar refractivity (Wildman–Crippen MR) is 53.7 cm³/mol. The zero-order chi connectivity index (χ0) is 11.3. The molecule has 15 heavy (non-hydrogen) atoms. The maximum Gasteiger partial charge on any atom is 0.141 e. The van der Waals surface area contributed by atoms with Crippen LogP contribution in [-0.2, 0) is 0 Å². The Labute approximate surface area is 87.8 Å². The molecule has 0 radical (unpaired) electrons. The molecule has 0 saturated heterocycles. The fraction of sp³-hybridized carbons (Fsp3) is 0.500. The van der Waals surface area contributed by atoms with E-state index in [2.05, 4.69) is 10.3 Å². The van der Waals surface area contributed by atoms with Crippen LogP contribution in [0.25, 0.3) is 0 Å². The Kier molecular flexibility index (Phi) is 4.61. The lowest BCUT2D eigenvalue weighted by Gasteiger charge is -2.17. The van der Waals surface area contributed by atoms with Gasteiger partial charge in [0.05, 0.1) is 12.3 Å². The van der Waals surface area contributed by atoms with Gasteiger partial charge in [-0.05, 0) is 26.1 Å². The Morgan fingerprint density at radius 1 is 1.47 bits per heavy atom. The van der Waals surface area contributed by atoms with Crippen molar-refractivity contribution in [1.82, 2.24) is 10.3 Å². The number of rotatable bonds is 5. The maximum absolute atomic E-state index is 12.8. The molecule has 0 aliphatic heterocycles. The van der Waals surface area contributed by atoms with Crippen molar-refractivity contribution in [2.24, 2.45) is 0 Å². The molecule has 1 rings (SSSR count). The molecule has 5 heteroatoms. The highest BCUT2D eigenvalue weighted by atomic mass is 19.1. The molecule has 84 valence electrons. The number of nitrogens with one attached hydrogen (secondary N) is 1. The van der Waals surface area contributed by atoms with Gasteiger partial charge in [-0.2, -0.15) is 0 Å². The highest BCUT2D eigenvalue weighted by molar-refractivity contribution is 5.14. The zero-order valence-corrected chi connectivity index (χ0v) is 8.52. The number of hydrogen-bond donors (Lipinski definition) is 3. The Hall–Kier alpha value is -1.04. The van der Waals surface area contributed by atoms with Gasteiger partial charge in [-0.3, -0.25) is 4.98 Å². The van der Waals surface area contributed by atoms with E-state index in [1.165, 1.54) is 12.3 Å². The molecule has 3 N–H and O–H groups in total. The van der Waals surface area contributed by atoms with Crippen LogP contribution in [0.3, 0.4) is 0 Å². The molecule has 0 saturated carbocycles. The van der Waals surface area contributed by atoms with Crippen LogP contribution in [0, 0.1) is 5.82 Å². The van der Waals surface area contributed by atoms with E-state index < -0.39 is 18.0 Å². The largest absolute Gasteiger partial charge is 0.390 e. The van der Waals surface area contributed by atoms with Crippen LogP contribution in [0.1, 0.15) is 18.1 Å². The third-order valence-corrected chi connectivity index (χ3v) is 2.12. The van der Waals surface area contributed by atoms with Crippen molar-refractivity contribution in [3.63, 3.8) is 0 Å². The third-order valence-electron chi connectivity index (χ3n) is 2.12. The summed E-state index contributed by atoms with van der Waals surface area (Å²) >= 11 is 0. The average Bonchev–Trinajstić information content (AvgIpc) is 2.24. The van der Waals surface area contributed by atoms with Gasteiger partial charge in [-0.15, -0.1) is 0 Å². The van der Waals surface area contributed by atoms with E-state index in [0.29, 0.717) is 18.5 Å². The fourth-order valence-corrected chi connectivity index (χ4v) is 1.26. The predicted octanol–water partition coefficient (Wildman–Crippen LogP) is 0.224. The second-order valence-electron chi connectivity index (χ2n) is 3.34. The number of aliphatic hydroxyl groups is 2. The molecule has 0 amide bonds. The molecule has 1 heterocycles. The fourth-order valence-electron chi connectivity index (χ4n) is 1.26. The molecule has 4 nitrogen and oxygen atoms in total. The van der Waals surface area contributed by atoms with E-state index in [4.69, 9.17) is 0 Å². The Bertz CT molecular complexity index is 309. The number of nitrogens with zero attached hydrogens (tertiary/aromatic N) is 1. The van der Waals surface area contributed by atoms with Crippen molar-refractivity contribution in [3.05, 3.63) is 29.8 Å². The molecular formula is C10H15FN2O2. The minimum Gasteiger partial charge on any atom is -0.390 e. The number of aliphatic hydroxyl groups excluding tert-OH is 2. The highest BCUT2D eigenvalue weighted by Gasteiger charge is 2.18. The van der Waals surface area contributed by atoms with Gasteiger partial charge in [0, 0.05) is 11.8 Å². The molecule has 0 aliphatic rings. The Balaban J connectivity index is 2.62. The van der Waals surface area contributed by atoms with E-state index >= 15 is 0 Å². The van der Waals surface area contributed by atoms with E-state index in [1.807, 2.05) is 0 Å². The van der Waals surface area contributed by atoms with Gasteiger partial charge in [-0.1, -0.05) is 0 Å². The second kappa shape index (κ2) is 5.75. The smallest absolute Gasteiger partial charge is 0.141 e. The maximum atomic E-state index is 12.8. The molecule has 1 aromatic heterocycles. The summed E-state index contributed by atoms with van der Waals surface area (Å²) in [4.78, 5) is 3.61. The lowest BCUT2D eigenvalue weighted by molar-refractivity contribution is 0.0137. The monoisotopic (exact) mass is 214 g/mol. The minimum atomic E-state index is -1.10. The SMILES string of the molecule is CNCCC(O)C(O)c1cncc(F)c1. The number of halogens is 1. The lowest BCUT2D eigenvalue weighted by atomic mass is 10.0. The highest BCUT2D eigenvalue weighted by Crippen LogP contribution is 2.18. The van der Waals surface area contributed by atoms with Gasteiger partial charge in [0.2, 0.25) is 0 Å². The molecule has 0 fully saturated rings. The third kappa shape index (κ3) is 3.54. The number of hydrogen-bond acceptors (Lipinski definition) is 4. The minimum absolute atomic E-state index is 0.290. The molecule has 0 aliphatic carbocycles. The van der Waals surface area contributed by atoms with Crippen LogP contribution in [0.15, 0.2) is 18.5 Å². The van der Waals surface area contributed by atoms with E-state index in [-0.39, 0.29) is 0 Å². The second-order valence-corrected chi connectivity index (χ2v) is 3.34. The summed E-state index contributed by atoms with van der Waals surface area (Å²) < 4.78 is 12.8. The van der Waals surface area contributed by atoms with Gasteiger partial charge < -0.3 is 15.5 Å². The summed E-state index contributed by atoms with van der Waals surface area (Å²) in [5, 5.41) is 22.1. The summed E-state index contributed by atoms with van der Waals surface area (Å²) in [5.74, 6) is -0.521. The van der Waals surface area contributed by atoms with Gasteiger partial charge >= 0.3 is 0 Å². The number of pyridine rings is 1. The van der Waals surface area contributed by atoms with E-state index in [9.17, 15) is 14.6 Å². The van der Waals surface area contributed by atoms with E-state index in [1.54, 1.807) is 7.05 Å². The molecule has 2 atom stereocenters. The lowest BCUT2D eigenvalue weighted by Crippen LogP contribution is -2.23. The Morgan fingerprint density at radius 3 is 2.80 bits per heavy atom. The van der Waals surface area contributed by atoms with Crippen molar-refractivity contribution in [2.45, 2.75) is 18.6 Å². The van der Waals surface area contributed by atoms with Gasteiger partial charge in [-0.25, -0.2) is 4.39 Å². The summed E-state index contributed by atoms with van der Waals surface area (Å²) in [5.41, 5.74) is 0.290. The summed E-state index contributed by atoms with van der Waals surface area (Å²) in [6, 6.07) is 1.17. The first-order valence-electron chi connectivity index (χ1n) is 4.76. The summed E-state index contributed by atoms with van der Waals surface area (Å²) in [6.07, 6.45) is 0.781.